The molecule has 2 aliphatic rings. The molecule has 2 heterocycles. The summed E-state index contributed by atoms with van der Waals surface area (Å²) in [4.78, 5) is 42.1. The largest absolute Gasteiger partial charge is 0.497 e. The van der Waals surface area contributed by atoms with Crippen LogP contribution in [0.15, 0.2) is 54.6 Å². The molecule has 2 aromatic rings. The SMILES string of the molecule is COc1ccc(C[C@H](CC(=O)CN2CCOC[C@H]2CO)C(=O)N[C@@H](Cc2ccccc2)C(=O)[C@@]2(C)CO2)cc1. The number of epoxide rings is 1. The second kappa shape index (κ2) is 13.3. The Balaban J connectivity index is 1.50. The number of Topliss-reactive ketones (excluding diaryl/α,β-unsaturated/α-hetero) is 2. The quantitative estimate of drug-likeness (QED) is 0.348. The van der Waals surface area contributed by atoms with E-state index >= 15 is 0 Å². The molecule has 0 bridgehead atoms. The van der Waals surface area contributed by atoms with Gasteiger partial charge in [-0.1, -0.05) is 42.5 Å². The van der Waals surface area contributed by atoms with Gasteiger partial charge in [-0.15, -0.1) is 0 Å². The average Bonchev–Trinajstić information content (AvgIpc) is 3.71. The lowest BCUT2D eigenvalue weighted by Crippen LogP contribution is -2.51. The highest BCUT2D eigenvalue weighted by Crippen LogP contribution is 2.29. The number of aliphatic hydroxyl groups excluding tert-OH is 1. The number of morpholine rings is 1. The minimum Gasteiger partial charge on any atom is -0.497 e. The molecule has 2 aliphatic heterocycles. The number of hydrogen-bond donors (Lipinski definition) is 2. The summed E-state index contributed by atoms with van der Waals surface area (Å²) in [6, 6.07) is 15.9. The summed E-state index contributed by atoms with van der Waals surface area (Å²) in [5.74, 6) is -0.609. The average molecular weight is 539 g/mol. The summed E-state index contributed by atoms with van der Waals surface area (Å²) in [5, 5.41) is 12.6. The highest BCUT2D eigenvalue weighted by Gasteiger charge is 2.50. The predicted octanol–water partition coefficient (Wildman–Crippen LogP) is 1.59. The first-order valence-electron chi connectivity index (χ1n) is 13.4. The zero-order chi connectivity index (χ0) is 27.8. The number of aliphatic hydroxyl groups is 1. The highest BCUT2D eigenvalue weighted by atomic mass is 16.6. The van der Waals surface area contributed by atoms with Crippen molar-refractivity contribution < 1.29 is 33.7 Å². The Bertz CT molecular complexity index is 1120. The molecular formula is C30H38N2O7. The molecule has 0 saturated carbocycles. The number of methoxy groups -OCH3 is 1. The van der Waals surface area contributed by atoms with Gasteiger partial charge in [-0.05, 0) is 43.0 Å². The van der Waals surface area contributed by atoms with Crippen LogP contribution in [0, 0.1) is 5.92 Å². The number of carbonyl (C=O) groups is 3. The van der Waals surface area contributed by atoms with Gasteiger partial charge in [-0.2, -0.15) is 0 Å². The van der Waals surface area contributed by atoms with Crippen molar-refractivity contribution in [3.63, 3.8) is 0 Å². The van der Waals surface area contributed by atoms with Crippen molar-refractivity contribution in [2.75, 3.05) is 46.6 Å². The number of hydrogen-bond acceptors (Lipinski definition) is 8. The molecule has 39 heavy (non-hydrogen) atoms. The number of nitrogens with one attached hydrogen (secondary N) is 1. The van der Waals surface area contributed by atoms with Crippen LogP contribution in [0.25, 0.3) is 0 Å². The number of carbonyl (C=O) groups excluding carboxylic acids is 3. The normalized spacial score (nSPS) is 22.5. The van der Waals surface area contributed by atoms with Crippen LogP contribution in [-0.2, 0) is 36.7 Å². The minimum atomic E-state index is -0.899. The lowest BCUT2D eigenvalue weighted by molar-refractivity contribution is -0.134. The third kappa shape index (κ3) is 7.95. The van der Waals surface area contributed by atoms with E-state index in [1.165, 1.54) is 0 Å². The van der Waals surface area contributed by atoms with Crippen molar-refractivity contribution in [3.8, 4) is 5.75 Å². The molecule has 0 spiro atoms. The fraction of sp³-hybridized carbons (Fsp3) is 0.500. The van der Waals surface area contributed by atoms with Crippen molar-refractivity contribution >= 4 is 17.5 Å². The zero-order valence-electron chi connectivity index (χ0n) is 22.6. The summed E-state index contributed by atoms with van der Waals surface area (Å²) in [6.07, 6.45) is 0.668. The summed E-state index contributed by atoms with van der Waals surface area (Å²) >= 11 is 0. The second-order valence-electron chi connectivity index (χ2n) is 10.5. The second-order valence-corrected chi connectivity index (χ2v) is 10.5. The number of rotatable bonds is 14. The number of nitrogens with zero attached hydrogens (tertiary/aromatic N) is 1. The minimum absolute atomic E-state index is 0.00732. The van der Waals surface area contributed by atoms with Crippen molar-refractivity contribution in [3.05, 3.63) is 65.7 Å². The molecule has 0 radical (unpaired) electrons. The summed E-state index contributed by atoms with van der Waals surface area (Å²) in [7, 11) is 1.59. The maximum Gasteiger partial charge on any atom is 0.224 e. The van der Waals surface area contributed by atoms with E-state index in [9.17, 15) is 19.5 Å². The molecule has 0 unspecified atom stereocenters. The van der Waals surface area contributed by atoms with E-state index in [2.05, 4.69) is 5.32 Å². The summed E-state index contributed by atoms with van der Waals surface area (Å²) in [5.41, 5.74) is 0.904. The first kappa shape index (κ1) is 28.9. The van der Waals surface area contributed by atoms with E-state index in [1.807, 2.05) is 59.5 Å². The molecule has 2 fully saturated rings. The van der Waals surface area contributed by atoms with Crippen LogP contribution in [0.5, 0.6) is 5.75 Å². The van der Waals surface area contributed by atoms with E-state index in [-0.39, 0.29) is 43.1 Å². The Labute approximate surface area is 229 Å². The van der Waals surface area contributed by atoms with E-state index in [0.29, 0.717) is 45.0 Å². The number of amides is 1. The number of ketones is 2. The smallest absolute Gasteiger partial charge is 0.224 e. The first-order chi connectivity index (χ1) is 18.8. The third-order valence-electron chi connectivity index (χ3n) is 7.44. The van der Waals surface area contributed by atoms with Crippen LogP contribution in [0.4, 0.5) is 0 Å². The van der Waals surface area contributed by atoms with Gasteiger partial charge in [0.15, 0.2) is 5.78 Å². The molecule has 0 aliphatic carbocycles. The molecule has 2 saturated heterocycles. The lowest BCUT2D eigenvalue weighted by Gasteiger charge is -2.34. The molecule has 4 atom stereocenters. The Morgan fingerprint density at radius 3 is 2.44 bits per heavy atom. The van der Waals surface area contributed by atoms with Crippen molar-refractivity contribution in [1.82, 2.24) is 10.2 Å². The van der Waals surface area contributed by atoms with E-state index in [4.69, 9.17) is 14.2 Å². The molecule has 1 amide bonds. The van der Waals surface area contributed by atoms with E-state index in [1.54, 1.807) is 14.0 Å². The van der Waals surface area contributed by atoms with Gasteiger partial charge in [0.25, 0.3) is 0 Å². The Morgan fingerprint density at radius 1 is 1.10 bits per heavy atom. The zero-order valence-corrected chi connectivity index (χ0v) is 22.6. The van der Waals surface area contributed by atoms with Gasteiger partial charge in [0, 0.05) is 18.9 Å². The first-order valence-corrected chi connectivity index (χ1v) is 13.4. The van der Waals surface area contributed by atoms with Crippen LogP contribution in [-0.4, -0.2) is 91.8 Å². The summed E-state index contributed by atoms with van der Waals surface area (Å²) < 4.78 is 16.1. The van der Waals surface area contributed by atoms with Gasteiger partial charge in [0.2, 0.25) is 5.91 Å². The van der Waals surface area contributed by atoms with Gasteiger partial charge in [0.05, 0.1) is 52.2 Å². The molecule has 0 aromatic heterocycles. The Hall–Kier alpha value is -3.11. The van der Waals surface area contributed by atoms with Crippen LogP contribution >= 0.6 is 0 Å². The topological polar surface area (TPSA) is 118 Å². The molecular weight excluding hydrogens is 500 g/mol. The molecule has 2 N–H and O–H groups in total. The van der Waals surface area contributed by atoms with Crippen molar-refractivity contribution in [2.24, 2.45) is 5.92 Å². The number of ether oxygens (including phenoxy) is 3. The standard InChI is InChI=1S/C30H38N2O7/c1-30(20-39-30)28(35)27(15-21-6-4-3-5-7-21)31-29(36)23(14-22-8-10-26(37-2)11-9-22)16-25(34)17-32-12-13-38-19-24(32)18-33/h3-11,23-24,27,33H,12-20H2,1-2H3,(H,31,36)/t23-,24-,27+,30-/m1/s1. The Morgan fingerprint density at radius 2 is 1.79 bits per heavy atom. The van der Waals surface area contributed by atoms with Crippen LogP contribution in [0.1, 0.15) is 24.5 Å². The van der Waals surface area contributed by atoms with E-state index in [0.717, 1.165) is 11.1 Å². The van der Waals surface area contributed by atoms with Gasteiger partial charge in [-0.3, -0.25) is 19.3 Å². The fourth-order valence-corrected chi connectivity index (χ4v) is 4.90. The van der Waals surface area contributed by atoms with Crippen LogP contribution in [0.3, 0.4) is 0 Å². The lowest BCUT2D eigenvalue weighted by atomic mass is 9.90. The van der Waals surface area contributed by atoms with Crippen LogP contribution < -0.4 is 10.1 Å². The predicted molar refractivity (Wildman–Crippen MR) is 145 cm³/mol. The fourth-order valence-electron chi connectivity index (χ4n) is 4.90. The van der Waals surface area contributed by atoms with Crippen LogP contribution in [0.2, 0.25) is 0 Å². The van der Waals surface area contributed by atoms with Gasteiger partial charge >= 0.3 is 0 Å². The monoisotopic (exact) mass is 538 g/mol. The summed E-state index contributed by atoms with van der Waals surface area (Å²) in [6.45, 7) is 3.47. The molecule has 2 aromatic carbocycles. The van der Waals surface area contributed by atoms with Gasteiger partial charge in [0.1, 0.15) is 17.1 Å². The number of benzene rings is 2. The highest BCUT2D eigenvalue weighted by molar-refractivity contribution is 5.97. The van der Waals surface area contributed by atoms with Crippen molar-refractivity contribution in [2.45, 2.75) is 43.9 Å². The maximum atomic E-state index is 13.7. The molecule has 210 valence electrons. The van der Waals surface area contributed by atoms with Gasteiger partial charge in [-0.25, -0.2) is 0 Å². The van der Waals surface area contributed by atoms with E-state index < -0.39 is 17.6 Å². The van der Waals surface area contributed by atoms with Crippen molar-refractivity contribution in [1.29, 1.82) is 0 Å². The maximum absolute atomic E-state index is 13.7. The third-order valence-corrected chi connectivity index (χ3v) is 7.44. The van der Waals surface area contributed by atoms with Gasteiger partial charge < -0.3 is 24.6 Å². The Kier molecular flexibility index (Phi) is 9.85. The molecule has 9 heteroatoms. The molecule has 9 nitrogen and oxygen atoms in total. The molecule has 4 rings (SSSR count).